The van der Waals surface area contributed by atoms with Crippen LogP contribution >= 0.6 is 0 Å². The predicted octanol–water partition coefficient (Wildman–Crippen LogP) is 4.27. The quantitative estimate of drug-likeness (QED) is 0.812. The van der Waals surface area contributed by atoms with Crippen LogP contribution in [0.2, 0.25) is 0 Å². The van der Waals surface area contributed by atoms with E-state index in [0.29, 0.717) is 11.8 Å². The maximum Gasteiger partial charge on any atom is 0.224 e. The molecule has 1 N–H and O–H groups in total. The maximum atomic E-state index is 13.2. The number of aryl methyl sites for hydroxylation is 1. The van der Waals surface area contributed by atoms with Gasteiger partial charge in [-0.2, -0.15) is 0 Å². The summed E-state index contributed by atoms with van der Waals surface area (Å²) in [5.74, 6) is 1.00. The van der Waals surface area contributed by atoms with Crippen molar-refractivity contribution in [3.8, 4) is 0 Å². The molecule has 1 aliphatic heterocycles. The molecule has 2 fully saturated rings. The molecule has 2 unspecified atom stereocenters. The fourth-order valence-corrected chi connectivity index (χ4v) is 4.23. The molecule has 1 saturated heterocycles. The lowest BCUT2D eigenvalue weighted by atomic mass is 9.83. The van der Waals surface area contributed by atoms with Gasteiger partial charge in [0.05, 0.1) is 5.92 Å². The summed E-state index contributed by atoms with van der Waals surface area (Å²) in [6, 6.07) is 15.3. The summed E-state index contributed by atoms with van der Waals surface area (Å²) in [7, 11) is 0. The minimum atomic E-state index is -0.211. The van der Waals surface area contributed by atoms with Crippen molar-refractivity contribution >= 4 is 5.91 Å². The summed E-state index contributed by atoms with van der Waals surface area (Å²) in [5.41, 5.74) is 3.65. The van der Waals surface area contributed by atoms with Gasteiger partial charge in [-0.3, -0.25) is 9.69 Å². The third-order valence-electron chi connectivity index (χ3n) is 5.99. The third kappa shape index (κ3) is 4.99. The van der Waals surface area contributed by atoms with E-state index in [0.717, 1.165) is 38.2 Å². The van der Waals surface area contributed by atoms with E-state index in [1.54, 1.807) is 0 Å². The molecule has 4 rings (SSSR count). The molecular weight excluding hydrogens is 351 g/mol. The van der Waals surface area contributed by atoms with E-state index >= 15 is 0 Å². The molecular formula is C24H29FN2O. The number of hydrogen-bond acceptors (Lipinski definition) is 2. The number of carbonyl (C=O) groups excluding carboxylic acids is 1. The number of nitrogens with one attached hydrogen (secondary N) is 1. The van der Waals surface area contributed by atoms with E-state index in [1.807, 2.05) is 12.1 Å². The Kier molecular flexibility index (Phi) is 5.77. The first-order valence-electron chi connectivity index (χ1n) is 10.4. The van der Waals surface area contributed by atoms with Gasteiger partial charge in [0, 0.05) is 26.2 Å². The molecule has 1 amide bonds. The van der Waals surface area contributed by atoms with Gasteiger partial charge >= 0.3 is 0 Å². The van der Waals surface area contributed by atoms with Crippen LogP contribution < -0.4 is 5.32 Å². The minimum Gasteiger partial charge on any atom is -0.356 e. The Bertz CT molecular complexity index is 816. The number of benzene rings is 2. The Morgan fingerprint density at radius 2 is 1.93 bits per heavy atom. The molecule has 2 aromatic rings. The van der Waals surface area contributed by atoms with Crippen LogP contribution in [0, 0.1) is 24.6 Å². The highest BCUT2D eigenvalue weighted by molar-refractivity contribution is 5.79. The highest BCUT2D eigenvalue weighted by Crippen LogP contribution is 2.32. The van der Waals surface area contributed by atoms with E-state index in [9.17, 15) is 9.18 Å². The topological polar surface area (TPSA) is 32.3 Å². The highest BCUT2D eigenvalue weighted by atomic mass is 19.1. The van der Waals surface area contributed by atoms with Gasteiger partial charge in [-0.15, -0.1) is 0 Å². The molecule has 3 nitrogen and oxygen atoms in total. The van der Waals surface area contributed by atoms with E-state index in [1.165, 1.54) is 36.1 Å². The van der Waals surface area contributed by atoms with Crippen molar-refractivity contribution in [3.63, 3.8) is 0 Å². The van der Waals surface area contributed by atoms with Gasteiger partial charge in [-0.1, -0.05) is 42.0 Å². The molecule has 0 spiro atoms. The second-order valence-corrected chi connectivity index (χ2v) is 8.55. The molecule has 1 saturated carbocycles. The van der Waals surface area contributed by atoms with Crippen molar-refractivity contribution in [2.75, 3.05) is 19.6 Å². The molecule has 0 aromatic heterocycles. The number of nitrogens with zero attached hydrogens (tertiary/aromatic N) is 1. The van der Waals surface area contributed by atoms with E-state index in [2.05, 4.69) is 41.4 Å². The fraction of sp³-hybridized carbons (Fsp3) is 0.458. The summed E-state index contributed by atoms with van der Waals surface area (Å²) < 4.78 is 13.2. The van der Waals surface area contributed by atoms with Crippen molar-refractivity contribution < 1.29 is 9.18 Å². The first-order valence-corrected chi connectivity index (χ1v) is 10.4. The zero-order valence-electron chi connectivity index (χ0n) is 16.5. The van der Waals surface area contributed by atoms with Crippen LogP contribution in [0.5, 0.6) is 0 Å². The van der Waals surface area contributed by atoms with Crippen molar-refractivity contribution in [2.45, 2.75) is 38.6 Å². The second-order valence-electron chi connectivity index (χ2n) is 8.55. The van der Waals surface area contributed by atoms with Crippen LogP contribution in [0.25, 0.3) is 0 Å². The molecule has 148 valence electrons. The number of hydrogen-bond donors (Lipinski definition) is 1. The number of halogens is 1. The molecule has 0 bridgehead atoms. The Morgan fingerprint density at radius 3 is 2.64 bits per heavy atom. The molecule has 4 heteroatoms. The number of likely N-dealkylation sites (tertiary alicyclic amines) is 1. The first kappa shape index (κ1) is 19.1. The van der Waals surface area contributed by atoms with Crippen molar-refractivity contribution in [3.05, 3.63) is 71.0 Å². The minimum absolute atomic E-state index is 0.00143. The van der Waals surface area contributed by atoms with Gasteiger partial charge < -0.3 is 5.32 Å². The zero-order chi connectivity index (χ0) is 19.5. The number of piperidine rings is 1. The third-order valence-corrected chi connectivity index (χ3v) is 5.99. The maximum absolute atomic E-state index is 13.2. The van der Waals surface area contributed by atoms with E-state index < -0.39 is 0 Å². The number of amides is 1. The molecule has 28 heavy (non-hydrogen) atoms. The largest absolute Gasteiger partial charge is 0.356 e. The summed E-state index contributed by atoms with van der Waals surface area (Å²) >= 11 is 0. The summed E-state index contributed by atoms with van der Waals surface area (Å²) in [5, 5.41) is 3.17. The lowest BCUT2D eigenvalue weighted by molar-refractivity contribution is -0.127. The van der Waals surface area contributed by atoms with E-state index in [4.69, 9.17) is 0 Å². The van der Waals surface area contributed by atoms with E-state index in [-0.39, 0.29) is 17.6 Å². The molecule has 1 heterocycles. The van der Waals surface area contributed by atoms with Crippen molar-refractivity contribution in [1.82, 2.24) is 10.2 Å². The Morgan fingerprint density at radius 1 is 1.14 bits per heavy atom. The van der Waals surface area contributed by atoms with Crippen LogP contribution in [-0.4, -0.2) is 30.4 Å². The molecule has 2 aromatic carbocycles. The Labute approximate surface area is 166 Å². The normalized spacial score (nSPS) is 22.8. The highest BCUT2D eigenvalue weighted by Gasteiger charge is 2.33. The molecule has 1 aliphatic carbocycles. The zero-order valence-corrected chi connectivity index (χ0v) is 16.5. The molecule has 2 aliphatic rings. The van der Waals surface area contributed by atoms with Crippen LogP contribution in [0.15, 0.2) is 48.5 Å². The average Bonchev–Trinajstić information content (AvgIpc) is 3.52. The van der Waals surface area contributed by atoms with Gasteiger partial charge in [0.25, 0.3) is 0 Å². The molecule has 0 radical (unpaired) electrons. The van der Waals surface area contributed by atoms with Crippen LogP contribution in [0.4, 0.5) is 4.39 Å². The summed E-state index contributed by atoms with van der Waals surface area (Å²) in [6.07, 6.45) is 3.38. The van der Waals surface area contributed by atoms with Crippen molar-refractivity contribution in [1.29, 1.82) is 0 Å². The van der Waals surface area contributed by atoms with Crippen molar-refractivity contribution in [2.24, 2.45) is 11.8 Å². The standard InChI is InChI=1S/C24H29FN2O/c1-17-3-2-4-20(11-17)21-12-22(24(28)26-13-18-5-6-18)16-27(15-21)14-19-7-9-23(25)10-8-19/h2-4,7-11,18,21-22H,5-6,12-16H2,1H3,(H,26,28). The number of rotatable bonds is 6. The lowest BCUT2D eigenvalue weighted by Crippen LogP contribution is -2.45. The Balaban J connectivity index is 1.49. The lowest BCUT2D eigenvalue weighted by Gasteiger charge is -2.37. The van der Waals surface area contributed by atoms with Gasteiger partial charge in [0.15, 0.2) is 0 Å². The summed E-state index contributed by atoms with van der Waals surface area (Å²) in [4.78, 5) is 15.2. The SMILES string of the molecule is Cc1cccc(C2CC(C(=O)NCC3CC3)CN(Cc3ccc(F)cc3)C2)c1. The summed E-state index contributed by atoms with van der Waals surface area (Å²) in [6.45, 7) is 5.36. The predicted molar refractivity (Wildman–Crippen MR) is 109 cm³/mol. The average molecular weight is 381 g/mol. The Hall–Kier alpha value is -2.20. The van der Waals surface area contributed by atoms with Gasteiger partial charge in [-0.25, -0.2) is 4.39 Å². The first-order chi connectivity index (χ1) is 13.6. The monoisotopic (exact) mass is 380 g/mol. The smallest absolute Gasteiger partial charge is 0.224 e. The second kappa shape index (κ2) is 8.44. The number of carbonyl (C=O) groups is 1. The van der Waals surface area contributed by atoms with Crippen LogP contribution in [0.3, 0.4) is 0 Å². The fourth-order valence-electron chi connectivity index (χ4n) is 4.23. The van der Waals surface area contributed by atoms with Gasteiger partial charge in [-0.05, 0) is 61.3 Å². The van der Waals surface area contributed by atoms with Crippen LogP contribution in [0.1, 0.15) is 41.9 Å². The van der Waals surface area contributed by atoms with Crippen LogP contribution in [-0.2, 0) is 11.3 Å². The van der Waals surface area contributed by atoms with Gasteiger partial charge in [0.2, 0.25) is 5.91 Å². The molecule has 2 atom stereocenters. The van der Waals surface area contributed by atoms with Gasteiger partial charge in [0.1, 0.15) is 5.82 Å².